The highest BCUT2D eigenvalue weighted by molar-refractivity contribution is 7.09. The molecule has 0 fully saturated rings. The number of nitrogens with one attached hydrogen (secondary N) is 1. The van der Waals surface area contributed by atoms with Crippen molar-refractivity contribution in [1.29, 1.82) is 0 Å². The van der Waals surface area contributed by atoms with Crippen LogP contribution in [0.15, 0.2) is 41.8 Å². The molecule has 116 valence electrons. The average Bonchev–Trinajstić information content (AvgIpc) is 3.04. The van der Waals surface area contributed by atoms with Gasteiger partial charge >= 0.3 is 5.97 Å². The first-order valence-electron chi connectivity index (χ1n) is 6.46. The Morgan fingerprint density at radius 3 is 2.59 bits per heavy atom. The second-order valence-corrected chi connectivity index (χ2v) is 5.29. The van der Waals surface area contributed by atoms with Crippen LogP contribution in [0.3, 0.4) is 0 Å². The molecule has 2 rings (SSSR count). The molecule has 0 spiro atoms. The van der Waals surface area contributed by atoms with E-state index < -0.39 is 11.8 Å². The molecular formula is C15H14FNO4S. The Bertz CT molecular complexity index is 613. The van der Waals surface area contributed by atoms with E-state index >= 15 is 0 Å². The number of hydrogen-bond acceptors (Lipinski definition) is 5. The average molecular weight is 323 g/mol. The molecule has 2 aromatic rings. The van der Waals surface area contributed by atoms with Crippen LogP contribution in [-0.2, 0) is 20.9 Å². The van der Waals surface area contributed by atoms with Gasteiger partial charge in [-0.2, -0.15) is 0 Å². The van der Waals surface area contributed by atoms with Crippen LogP contribution in [0.25, 0.3) is 0 Å². The molecule has 1 heterocycles. The Labute approximate surface area is 130 Å². The molecule has 22 heavy (non-hydrogen) atoms. The number of benzene rings is 1. The molecule has 0 saturated carbocycles. The first kappa shape index (κ1) is 16.0. The summed E-state index contributed by atoms with van der Waals surface area (Å²) in [5.41, 5.74) is 0. The fraction of sp³-hybridized carbons (Fsp3) is 0.200. The summed E-state index contributed by atoms with van der Waals surface area (Å²) in [6.45, 7) is -0.305. The zero-order valence-electron chi connectivity index (χ0n) is 11.6. The Balaban J connectivity index is 1.62. The number of hydrogen-bond donors (Lipinski definition) is 1. The second-order valence-electron chi connectivity index (χ2n) is 4.26. The van der Waals surface area contributed by atoms with E-state index in [1.807, 2.05) is 17.5 Å². The summed E-state index contributed by atoms with van der Waals surface area (Å²) < 4.78 is 22.6. The molecule has 0 aliphatic rings. The molecule has 0 atom stereocenters. The van der Waals surface area contributed by atoms with Gasteiger partial charge in [0.2, 0.25) is 0 Å². The fourth-order valence-corrected chi connectivity index (χ4v) is 2.16. The quantitative estimate of drug-likeness (QED) is 0.793. The van der Waals surface area contributed by atoms with Gasteiger partial charge in [-0.15, -0.1) is 11.3 Å². The van der Waals surface area contributed by atoms with Crippen molar-refractivity contribution in [3.05, 3.63) is 52.5 Å². The van der Waals surface area contributed by atoms with E-state index in [2.05, 4.69) is 5.32 Å². The molecule has 0 unspecified atom stereocenters. The number of carbonyl (C=O) groups excluding carboxylic acids is 2. The first-order chi connectivity index (χ1) is 10.6. The van der Waals surface area contributed by atoms with E-state index in [0.717, 1.165) is 4.88 Å². The van der Waals surface area contributed by atoms with Crippen LogP contribution in [0.4, 0.5) is 4.39 Å². The summed E-state index contributed by atoms with van der Waals surface area (Å²) in [7, 11) is 0. The maximum atomic E-state index is 12.7. The zero-order valence-corrected chi connectivity index (χ0v) is 12.4. The lowest BCUT2D eigenvalue weighted by atomic mass is 10.3. The minimum atomic E-state index is -0.671. The van der Waals surface area contributed by atoms with E-state index in [1.165, 1.54) is 35.6 Å². The van der Waals surface area contributed by atoms with Gasteiger partial charge in [0.25, 0.3) is 5.91 Å². The molecule has 1 amide bonds. The predicted molar refractivity (Wildman–Crippen MR) is 79.0 cm³/mol. The van der Waals surface area contributed by atoms with Gasteiger partial charge < -0.3 is 14.8 Å². The molecular weight excluding hydrogens is 309 g/mol. The smallest absolute Gasteiger partial charge is 0.344 e. The van der Waals surface area contributed by atoms with Crippen LogP contribution in [0.1, 0.15) is 4.88 Å². The minimum Gasteiger partial charge on any atom is -0.482 e. The molecule has 7 heteroatoms. The van der Waals surface area contributed by atoms with E-state index in [0.29, 0.717) is 12.3 Å². The lowest BCUT2D eigenvalue weighted by molar-refractivity contribution is -0.150. The van der Waals surface area contributed by atoms with Gasteiger partial charge in [0.15, 0.2) is 13.2 Å². The van der Waals surface area contributed by atoms with Crippen molar-refractivity contribution in [2.75, 3.05) is 13.2 Å². The van der Waals surface area contributed by atoms with Gasteiger partial charge in [-0.25, -0.2) is 9.18 Å². The van der Waals surface area contributed by atoms with Crippen LogP contribution in [0.5, 0.6) is 5.75 Å². The highest BCUT2D eigenvalue weighted by Gasteiger charge is 2.08. The van der Waals surface area contributed by atoms with Crippen molar-refractivity contribution in [2.45, 2.75) is 6.54 Å². The summed E-state index contributed by atoms with van der Waals surface area (Å²) in [5.74, 6) is -1.10. The van der Waals surface area contributed by atoms with E-state index in [4.69, 9.17) is 9.47 Å². The van der Waals surface area contributed by atoms with Crippen LogP contribution >= 0.6 is 11.3 Å². The standard InChI is InChI=1S/C15H14FNO4S/c16-11-3-5-12(6-4-11)20-10-15(19)21-9-14(18)17-8-13-2-1-7-22-13/h1-7H,8-10H2,(H,17,18). The zero-order chi connectivity index (χ0) is 15.8. The lowest BCUT2D eigenvalue weighted by Gasteiger charge is -2.07. The summed E-state index contributed by atoms with van der Waals surface area (Å²) in [6, 6.07) is 9.02. The second kappa shape index (κ2) is 8.14. The number of amides is 1. The molecule has 0 radical (unpaired) electrons. The molecule has 0 aliphatic carbocycles. The van der Waals surface area contributed by atoms with E-state index in [1.54, 1.807) is 0 Å². The molecule has 0 bridgehead atoms. The van der Waals surface area contributed by atoms with Gasteiger partial charge in [0.1, 0.15) is 11.6 Å². The predicted octanol–water partition coefficient (Wildman–Crippen LogP) is 2.13. The first-order valence-corrected chi connectivity index (χ1v) is 7.34. The number of halogens is 1. The lowest BCUT2D eigenvalue weighted by Crippen LogP contribution is -2.29. The molecule has 1 N–H and O–H groups in total. The fourth-order valence-electron chi connectivity index (χ4n) is 1.51. The number of thiophene rings is 1. The van der Waals surface area contributed by atoms with Crippen molar-refractivity contribution in [3.63, 3.8) is 0 Å². The summed E-state index contributed by atoms with van der Waals surface area (Å²) >= 11 is 1.53. The maximum absolute atomic E-state index is 12.7. The normalized spacial score (nSPS) is 10.0. The SMILES string of the molecule is O=C(COC(=O)COc1ccc(F)cc1)NCc1cccs1. The monoisotopic (exact) mass is 323 g/mol. The van der Waals surface area contributed by atoms with E-state index in [9.17, 15) is 14.0 Å². The summed E-state index contributed by atoms with van der Waals surface area (Å²) in [6.07, 6.45) is 0. The van der Waals surface area contributed by atoms with Gasteiger partial charge in [0, 0.05) is 4.88 Å². The van der Waals surface area contributed by atoms with Crippen LogP contribution in [-0.4, -0.2) is 25.1 Å². The van der Waals surface area contributed by atoms with Gasteiger partial charge in [0.05, 0.1) is 6.54 Å². The summed E-state index contributed by atoms with van der Waals surface area (Å²) in [4.78, 5) is 23.9. The minimum absolute atomic E-state index is 0.343. The van der Waals surface area contributed by atoms with Crippen LogP contribution in [0.2, 0.25) is 0 Å². The number of rotatable bonds is 7. The Morgan fingerprint density at radius 1 is 1.14 bits per heavy atom. The van der Waals surface area contributed by atoms with E-state index in [-0.39, 0.29) is 19.1 Å². The topological polar surface area (TPSA) is 64.6 Å². The molecule has 0 saturated heterocycles. The molecule has 5 nitrogen and oxygen atoms in total. The largest absolute Gasteiger partial charge is 0.482 e. The molecule has 1 aromatic heterocycles. The van der Waals surface area contributed by atoms with Gasteiger partial charge in [-0.3, -0.25) is 4.79 Å². The number of ether oxygens (including phenoxy) is 2. The number of carbonyl (C=O) groups is 2. The molecule has 0 aliphatic heterocycles. The third kappa shape index (κ3) is 5.53. The van der Waals surface area contributed by atoms with Gasteiger partial charge in [-0.1, -0.05) is 6.07 Å². The van der Waals surface area contributed by atoms with Crippen LogP contribution in [0, 0.1) is 5.82 Å². The molecule has 1 aromatic carbocycles. The third-order valence-electron chi connectivity index (χ3n) is 2.57. The third-order valence-corrected chi connectivity index (χ3v) is 3.45. The van der Waals surface area contributed by atoms with Crippen molar-refractivity contribution >= 4 is 23.2 Å². The van der Waals surface area contributed by atoms with Crippen molar-refractivity contribution in [2.24, 2.45) is 0 Å². The Morgan fingerprint density at radius 2 is 1.91 bits per heavy atom. The highest BCUT2D eigenvalue weighted by Crippen LogP contribution is 2.10. The van der Waals surface area contributed by atoms with Crippen molar-refractivity contribution in [3.8, 4) is 5.75 Å². The Hall–Kier alpha value is -2.41. The maximum Gasteiger partial charge on any atom is 0.344 e. The van der Waals surface area contributed by atoms with Crippen molar-refractivity contribution < 1.29 is 23.5 Å². The van der Waals surface area contributed by atoms with Crippen LogP contribution < -0.4 is 10.1 Å². The Kier molecular flexibility index (Phi) is 5.91. The summed E-state index contributed by atoms with van der Waals surface area (Å²) in [5, 5.41) is 4.54. The van der Waals surface area contributed by atoms with Gasteiger partial charge in [-0.05, 0) is 35.7 Å². The number of esters is 1. The van der Waals surface area contributed by atoms with Crippen molar-refractivity contribution in [1.82, 2.24) is 5.32 Å². The highest BCUT2D eigenvalue weighted by atomic mass is 32.1.